The van der Waals surface area contributed by atoms with Crippen molar-refractivity contribution < 1.29 is 45.0 Å². The highest BCUT2D eigenvalue weighted by Gasteiger charge is 2.64. The molecule has 1 atom stereocenters. The molecule has 10 nitrogen and oxygen atoms in total. The number of hydrogen-bond donors (Lipinski definition) is 1. The summed E-state index contributed by atoms with van der Waals surface area (Å²) in [4.78, 5) is 17.5. The molecule has 2 aromatic heterocycles. The van der Waals surface area contributed by atoms with Gasteiger partial charge in [-0.3, -0.25) is 4.79 Å². The molecule has 1 fully saturated rings. The van der Waals surface area contributed by atoms with Crippen LogP contribution in [0.3, 0.4) is 0 Å². The average molecular weight is 655 g/mol. The van der Waals surface area contributed by atoms with E-state index in [1.807, 2.05) is 0 Å². The summed E-state index contributed by atoms with van der Waals surface area (Å²) in [5, 5.41) is 10.2. The van der Waals surface area contributed by atoms with Crippen LogP contribution in [0.2, 0.25) is 0 Å². The minimum Gasteiger partial charge on any atom is -0.497 e. The molecule has 238 valence electrons. The van der Waals surface area contributed by atoms with E-state index >= 15 is 0 Å². The number of aromatic nitrogens is 3. The normalized spacial score (nSPS) is 18.0. The molecular weight excluding hydrogens is 630 g/mol. The molecular formula is C28H24F6N6O4S. The summed E-state index contributed by atoms with van der Waals surface area (Å²) in [6.07, 6.45) is -6.96. The maximum absolute atomic E-state index is 14.8. The molecule has 17 heteroatoms. The fourth-order valence-electron chi connectivity index (χ4n) is 4.29. The van der Waals surface area contributed by atoms with Crippen molar-refractivity contribution >= 4 is 34.2 Å². The number of rotatable bonds is 10. The highest BCUT2D eigenvalue weighted by atomic mass is 32.2. The number of furan rings is 1. The molecule has 0 saturated carbocycles. The van der Waals surface area contributed by atoms with Gasteiger partial charge in [0.05, 0.1) is 49.7 Å². The van der Waals surface area contributed by atoms with Crippen LogP contribution in [0.25, 0.3) is 0 Å². The van der Waals surface area contributed by atoms with Gasteiger partial charge in [0.1, 0.15) is 23.7 Å². The van der Waals surface area contributed by atoms with Gasteiger partial charge in [-0.05, 0) is 60.7 Å². The second-order valence-electron chi connectivity index (χ2n) is 9.65. The topological polar surface area (TPSA) is 107 Å². The number of nitrogens with zero attached hydrogens (tertiary/aromatic N) is 5. The smallest absolute Gasteiger partial charge is 0.437 e. The molecule has 3 heterocycles. The molecule has 0 radical (unpaired) electrons. The standard InChI is InChI=1S/C28H24F6N6O4S/c1-42-22-10-8-19(9-11-22)35-24(41)15-39-13-21(37-38-39)16-44-26(28(32,33)34)17-45-25(40(26)14-23-3-2-12-43-23)36-20-6-4-18(5-7-20)27(29,30)31/h2-13H,14-17H2,1H3,(H,35,41). The van der Waals surface area contributed by atoms with Crippen LogP contribution in [0, 0.1) is 0 Å². The Morgan fingerprint density at radius 3 is 2.44 bits per heavy atom. The zero-order valence-corrected chi connectivity index (χ0v) is 24.1. The number of thioether (sulfide) groups is 1. The molecule has 1 aliphatic rings. The van der Waals surface area contributed by atoms with E-state index < -0.39 is 48.5 Å². The van der Waals surface area contributed by atoms with Gasteiger partial charge >= 0.3 is 12.4 Å². The van der Waals surface area contributed by atoms with Gasteiger partial charge in [-0.25, -0.2) is 9.67 Å². The van der Waals surface area contributed by atoms with Crippen molar-refractivity contribution in [3.8, 4) is 5.75 Å². The number of amides is 1. The van der Waals surface area contributed by atoms with Crippen LogP contribution in [0.1, 0.15) is 17.0 Å². The van der Waals surface area contributed by atoms with Gasteiger partial charge in [-0.15, -0.1) is 5.10 Å². The highest BCUT2D eigenvalue weighted by Crippen LogP contribution is 2.47. The Hall–Kier alpha value is -4.51. The van der Waals surface area contributed by atoms with E-state index in [9.17, 15) is 31.1 Å². The molecule has 1 amide bonds. The number of halogens is 6. The second-order valence-corrected chi connectivity index (χ2v) is 10.6. The third-order valence-corrected chi connectivity index (χ3v) is 7.65. The van der Waals surface area contributed by atoms with Crippen molar-refractivity contribution in [1.82, 2.24) is 19.9 Å². The predicted octanol–water partition coefficient (Wildman–Crippen LogP) is 6.25. The number of methoxy groups -OCH3 is 1. The maximum atomic E-state index is 14.8. The van der Waals surface area contributed by atoms with Gasteiger partial charge in [-0.2, -0.15) is 26.3 Å². The molecule has 1 unspecified atom stereocenters. The molecule has 2 aromatic carbocycles. The number of ether oxygens (including phenoxy) is 2. The number of anilines is 1. The van der Waals surface area contributed by atoms with Crippen LogP contribution in [0.4, 0.5) is 37.7 Å². The third kappa shape index (κ3) is 7.42. The van der Waals surface area contributed by atoms with Crippen LogP contribution in [0.15, 0.2) is 82.5 Å². The summed E-state index contributed by atoms with van der Waals surface area (Å²) < 4.78 is 101. The SMILES string of the molecule is COc1ccc(NC(=O)Cn2cc(COC3(C(F)(F)F)CSC(=Nc4ccc(C(F)(F)F)cc4)N3Cc3ccco3)nn2)cc1. The summed E-state index contributed by atoms with van der Waals surface area (Å²) in [6.45, 7) is -1.31. The second kappa shape index (κ2) is 12.8. The molecule has 45 heavy (non-hydrogen) atoms. The minimum absolute atomic E-state index is 0.0174. The van der Waals surface area contributed by atoms with Crippen LogP contribution in [-0.2, 0) is 35.4 Å². The molecule has 0 bridgehead atoms. The lowest BCUT2D eigenvalue weighted by molar-refractivity contribution is -0.313. The molecule has 0 aliphatic carbocycles. The third-order valence-electron chi connectivity index (χ3n) is 6.54. The number of benzene rings is 2. The first kappa shape index (κ1) is 31.9. The quantitative estimate of drug-likeness (QED) is 0.200. The van der Waals surface area contributed by atoms with Crippen LogP contribution in [0.5, 0.6) is 5.75 Å². The minimum atomic E-state index is -4.96. The summed E-state index contributed by atoms with van der Waals surface area (Å²) in [7, 11) is 1.51. The first-order valence-corrected chi connectivity index (χ1v) is 14.1. The van der Waals surface area contributed by atoms with E-state index in [0.29, 0.717) is 11.4 Å². The summed E-state index contributed by atoms with van der Waals surface area (Å²) >= 11 is 0.728. The van der Waals surface area contributed by atoms with Crippen LogP contribution < -0.4 is 10.1 Å². The van der Waals surface area contributed by atoms with Gasteiger partial charge < -0.3 is 24.1 Å². The Labute approximate surface area is 256 Å². The number of amidine groups is 1. The molecule has 1 aliphatic heterocycles. The number of carbonyl (C=O) groups is 1. The maximum Gasteiger partial charge on any atom is 0.437 e. The lowest BCUT2D eigenvalue weighted by Gasteiger charge is -2.39. The first-order valence-electron chi connectivity index (χ1n) is 13.1. The van der Waals surface area contributed by atoms with Crippen molar-refractivity contribution in [2.75, 3.05) is 18.2 Å². The monoisotopic (exact) mass is 654 g/mol. The number of hydrogen-bond acceptors (Lipinski definition) is 8. The Morgan fingerprint density at radius 2 is 1.82 bits per heavy atom. The van der Waals surface area contributed by atoms with E-state index in [2.05, 4.69) is 20.6 Å². The van der Waals surface area contributed by atoms with Crippen molar-refractivity contribution in [1.29, 1.82) is 0 Å². The fraction of sp³-hybridized carbons (Fsp3) is 0.286. The number of aliphatic imine (C=N–C) groups is 1. The molecule has 0 spiro atoms. The Kier molecular flexibility index (Phi) is 9.11. The van der Waals surface area contributed by atoms with Gasteiger partial charge in [0, 0.05) is 5.69 Å². The molecule has 5 rings (SSSR count). The Bertz CT molecular complexity index is 1620. The van der Waals surface area contributed by atoms with E-state index in [4.69, 9.17) is 13.9 Å². The summed E-state index contributed by atoms with van der Waals surface area (Å²) in [5.74, 6) is -0.324. The largest absolute Gasteiger partial charge is 0.497 e. The van der Waals surface area contributed by atoms with Gasteiger partial charge in [0.2, 0.25) is 5.91 Å². The fourth-order valence-corrected chi connectivity index (χ4v) is 5.55. The van der Waals surface area contributed by atoms with E-state index in [0.717, 1.165) is 45.6 Å². The average Bonchev–Trinajstić information content (AvgIpc) is 3.74. The van der Waals surface area contributed by atoms with Gasteiger partial charge in [0.25, 0.3) is 5.72 Å². The Balaban J connectivity index is 1.33. The van der Waals surface area contributed by atoms with E-state index in [1.54, 1.807) is 24.3 Å². The summed E-state index contributed by atoms with van der Waals surface area (Å²) in [6, 6.07) is 13.3. The predicted molar refractivity (Wildman–Crippen MR) is 150 cm³/mol. The zero-order valence-electron chi connectivity index (χ0n) is 23.3. The number of carbonyl (C=O) groups excluding carboxylic acids is 1. The highest BCUT2D eigenvalue weighted by molar-refractivity contribution is 8.14. The van der Waals surface area contributed by atoms with Crippen molar-refractivity contribution in [2.45, 2.75) is 37.8 Å². The van der Waals surface area contributed by atoms with Gasteiger partial charge in [-0.1, -0.05) is 17.0 Å². The van der Waals surface area contributed by atoms with Gasteiger partial charge in [0.15, 0.2) is 5.17 Å². The van der Waals surface area contributed by atoms with Crippen LogP contribution >= 0.6 is 11.8 Å². The number of nitrogens with one attached hydrogen (secondary N) is 1. The molecule has 1 saturated heterocycles. The number of alkyl halides is 6. The van der Waals surface area contributed by atoms with E-state index in [1.165, 1.54) is 31.7 Å². The first-order chi connectivity index (χ1) is 21.4. The zero-order chi connectivity index (χ0) is 32.2. The lowest BCUT2D eigenvalue weighted by atomic mass is 10.2. The van der Waals surface area contributed by atoms with Crippen molar-refractivity contribution in [3.05, 3.63) is 90.1 Å². The molecule has 1 N–H and O–H groups in total. The van der Waals surface area contributed by atoms with Crippen LogP contribution in [-0.4, -0.2) is 55.7 Å². The van der Waals surface area contributed by atoms with E-state index in [-0.39, 0.29) is 28.9 Å². The molecule has 4 aromatic rings. The Morgan fingerprint density at radius 1 is 1.09 bits per heavy atom. The lowest BCUT2D eigenvalue weighted by Crippen LogP contribution is -2.59. The van der Waals surface area contributed by atoms with Crippen molar-refractivity contribution in [3.63, 3.8) is 0 Å². The van der Waals surface area contributed by atoms with Crippen molar-refractivity contribution in [2.24, 2.45) is 4.99 Å². The summed E-state index contributed by atoms with van der Waals surface area (Å²) in [5.41, 5.74) is -3.29.